The first-order chi connectivity index (χ1) is 10.3. The molecule has 0 radical (unpaired) electrons. The van der Waals surface area contributed by atoms with Gasteiger partial charge in [0.1, 0.15) is 5.82 Å². The molecule has 0 saturated heterocycles. The van der Waals surface area contributed by atoms with Crippen LogP contribution in [0.15, 0.2) is 48.5 Å². The molecule has 0 heterocycles. The van der Waals surface area contributed by atoms with Gasteiger partial charge in [-0.05, 0) is 54.4 Å². The van der Waals surface area contributed by atoms with Gasteiger partial charge in [0.2, 0.25) is 0 Å². The molecule has 0 aliphatic heterocycles. The molecule has 1 saturated carbocycles. The lowest BCUT2D eigenvalue weighted by molar-refractivity contribution is 0.260. The summed E-state index contributed by atoms with van der Waals surface area (Å²) in [5.74, 6) is 0.340. The van der Waals surface area contributed by atoms with Crippen LogP contribution in [0.1, 0.15) is 47.9 Å². The maximum atomic E-state index is 13.8. The van der Waals surface area contributed by atoms with Crippen LogP contribution in [0.5, 0.6) is 0 Å². The Bertz CT molecular complexity index is 646. The number of hydrogen-bond acceptors (Lipinski definition) is 1. The average molecular weight is 281 g/mol. The maximum absolute atomic E-state index is 13.8. The molecule has 0 spiro atoms. The number of rotatable bonds is 3. The van der Waals surface area contributed by atoms with Gasteiger partial charge >= 0.3 is 0 Å². The number of aryl methyl sites for hydroxylation is 1. The van der Waals surface area contributed by atoms with Gasteiger partial charge in [0.25, 0.3) is 0 Å². The second-order valence-electron chi connectivity index (χ2n) is 6.34. The molecule has 108 valence electrons. The van der Waals surface area contributed by atoms with Crippen molar-refractivity contribution in [3.63, 3.8) is 0 Å². The maximum Gasteiger partial charge on any atom is 0.126 e. The van der Waals surface area contributed by atoms with E-state index in [0.717, 1.165) is 18.4 Å². The third kappa shape index (κ3) is 2.38. The van der Waals surface area contributed by atoms with Gasteiger partial charge in [0, 0.05) is 12.1 Å². The first-order valence-corrected chi connectivity index (χ1v) is 7.89. The molecule has 0 amide bonds. The van der Waals surface area contributed by atoms with Crippen LogP contribution in [-0.4, -0.2) is 6.04 Å². The molecular formula is C19H20FN. The van der Waals surface area contributed by atoms with Crippen LogP contribution in [0.4, 0.5) is 4.39 Å². The van der Waals surface area contributed by atoms with E-state index in [4.69, 9.17) is 0 Å². The molecule has 2 aliphatic carbocycles. The molecule has 2 aromatic carbocycles. The highest BCUT2D eigenvalue weighted by atomic mass is 19.1. The van der Waals surface area contributed by atoms with Gasteiger partial charge in [0.15, 0.2) is 0 Å². The van der Waals surface area contributed by atoms with Gasteiger partial charge in [-0.3, -0.25) is 0 Å². The van der Waals surface area contributed by atoms with Crippen molar-refractivity contribution in [3.8, 4) is 0 Å². The van der Waals surface area contributed by atoms with Crippen molar-refractivity contribution in [2.75, 3.05) is 0 Å². The number of hydrogen-bond donors (Lipinski definition) is 1. The minimum Gasteiger partial charge on any atom is -0.307 e. The van der Waals surface area contributed by atoms with E-state index in [9.17, 15) is 4.39 Å². The van der Waals surface area contributed by atoms with Crippen molar-refractivity contribution in [2.45, 2.75) is 43.7 Å². The molecule has 2 heteroatoms. The zero-order chi connectivity index (χ0) is 14.2. The summed E-state index contributed by atoms with van der Waals surface area (Å²) >= 11 is 0. The molecule has 1 unspecified atom stereocenters. The van der Waals surface area contributed by atoms with E-state index in [-0.39, 0.29) is 5.82 Å². The van der Waals surface area contributed by atoms with Crippen molar-refractivity contribution >= 4 is 0 Å². The Kier molecular flexibility index (Phi) is 3.27. The fourth-order valence-electron chi connectivity index (χ4n) is 3.83. The summed E-state index contributed by atoms with van der Waals surface area (Å²) in [6, 6.07) is 17.0. The van der Waals surface area contributed by atoms with Crippen LogP contribution in [0, 0.1) is 5.82 Å². The average Bonchev–Trinajstić information content (AvgIpc) is 2.87. The Morgan fingerprint density at radius 2 is 1.62 bits per heavy atom. The Morgan fingerprint density at radius 1 is 0.905 bits per heavy atom. The van der Waals surface area contributed by atoms with Gasteiger partial charge < -0.3 is 5.32 Å². The molecule has 0 aromatic heterocycles. The van der Waals surface area contributed by atoms with Gasteiger partial charge in [-0.1, -0.05) is 42.5 Å². The summed E-state index contributed by atoms with van der Waals surface area (Å²) in [6.07, 6.45) is 4.48. The molecule has 4 rings (SSSR count). The highest BCUT2D eigenvalue weighted by Crippen LogP contribution is 2.40. The highest BCUT2D eigenvalue weighted by Gasteiger charge is 2.34. The van der Waals surface area contributed by atoms with E-state index in [1.807, 2.05) is 12.1 Å². The van der Waals surface area contributed by atoms with Crippen LogP contribution in [0.2, 0.25) is 0 Å². The smallest absolute Gasteiger partial charge is 0.126 e. The van der Waals surface area contributed by atoms with Crippen molar-refractivity contribution in [3.05, 3.63) is 71.0 Å². The Balaban J connectivity index is 1.39. The third-order valence-electron chi connectivity index (χ3n) is 5.05. The lowest BCUT2D eigenvalue weighted by Crippen LogP contribution is -2.41. The van der Waals surface area contributed by atoms with Crippen LogP contribution >= 0.6 is 0 Å². The zero-order valence-electron chi connectivity index (χ0n) is 12.1. The second-order valence-corrected chi connectivity index (χ2v) is 6.34. The molecular weight excluding hydrogens is 261 g/mol. The fourth-order valence-corrected chi connectivity index (χ4v) is 3.83. The van der Waals surface area contributed by atoms with Gasteiger partial charge in [0.05, 0.1) is 0 Å². The predicted molar refractivity (Wildman–Crippen MR) is 82.8 cm³/mol. The third-order valence-corrected chi connectivity index (χ3v) is 5.05. The van der Waals surface area contributed by atoms with Crippen LogP contribution in [0.3, 0.4) is 0 Å². The number of halogens is 1. The first-order valence-electron chi connectivity index (χ1n) is 7.89. The lowest BCUT2D eigenvalue weighted by atomic mass is 9.75. The minimum absolute atomic E-state index is 0.0489. The van der Waals surface area contributed by atoms with Crippen LogP contribution in [-0.2, 0) is 6.42 Å². The highest BCUT2D eigenvalue weighted by molar-refractivity contribution is 5.34. The Morgan fingerprint density at radius 3 is 2.43 bits per heavy atom. The van der Waals surface area contributed by atoms with E-state index in [2.05, 4.69) is 29.6 Å². The minimum atomic E-state index is -0.0489. The van der Waals surface area contributed by atoms with Crippen molar-refractivity contribution in [1.82, 2.24) is 5.32 Å². The summed E-state index contributed by atoms with van der Waals surface area (Å²) in [5.41, 5.74) is 3.84. The molecule has 2 aliphatic rings. The van der Waals surface area contributed by atoms with Crippen LogP contribution < -0.4 is 5.32 Å². The topological polar surface area (TPSA) is 12.0 Å². The zero-order valence-corrected chi connectivity index (χ0v) is 12.1. The van der Waals surface area contributed by atoms with E-state index in [0.29, 0.717) is 18.0 Å². The molecule has 1 atom stereocenters. The normalized spacial score (nSPS) is 27.2. The second kappa shape index (κ2) is 5.27. The number of fused-ring (bicyclic) bond motifs is 1. The van der Waals surface area contributed by atoms with Gasteiger partial charge in [-0.2, -0.15) is 0 Å². The van der Waals surface area contributed by atoms with Crippen molar-refractivity contribution in [1.29, 1.82) is 0 Å². The summed E-state index contributed by atoms with van der Waals surface area (Å²) in [6.45, 7) is 0. The van der Waals surface area contributed by atoms with E-state index >= 15 is 0 Å². The van der Waals surface area contributed by atoms with Crippen molar-refractivity contribution < 1.29 is 4.39 Å². The molecule has 1 fully saturated rings. The number of benzene rings is 2. The summed E-state index contributed by atoms with van der Waals surface area (Å²) in [4.78, 5) is 0. The first kappa shape index (κ1) is 13.0. The molecule has 1 N–H and O–H groups in total. The largest absolute Gasteiger partial charge is 0.307 e. The summed E-state index contributed by atoms with van der Waals surface area (Å²) < 4.78 is 13.8. The predicted octanol–water partition coefficient (Wildman–Crippen LogP) is 4.35. The summed E-state index contributed by atoms with van der Waals surface area (Å²) in [7, 11) is 0. The Labute approximate surface area is 125 Å². The Hall–Kier alpha value is -1.67. The molecule has 2 aromatic rings. The van der Waals surface area contributed by atoms with Crippen LogP contribution in [0.25, 0.3) is 0 Å². The van der Waals surface area contributed by atoms with Crippen molar-refractivity contribution in [2.24, 2.45) is 0 Å². The molecule has 0 bridgehead atoms. The summed E-state index contributed by atoms with van der Waals surface area (Å²) in [5, 5.41) is 3.77. The van der Waals surface area contributed by atoms with E-state index < -0.39 is 0 Å². The molecule has 21 heavy (non-hydrogen) atoms. The number of nitrogens with one attached hydrogen (secondary N) is 1. The standard InChI is InChI=1S/C19H20FN/c20-18-8-4-3-6-16(18)14-11-15(12-14)21-19-10-9-13-5-1-2-7-17(13)19/h1-8,14-15,19,21H,9-12H2. The quantitative estimate of drug-likeness (QED) is 0.882. The fraction of sp³-hybridized carbons (Fsp3) is 0.368. The monoisotopic (exact) mass is 281 g/mol. The SMILES string of the molecule is Fc1ccccc1C1CC(NC2CCc3ccccc32)C1. The van der Waals surface area contributed by atoms with E-state index in [1.165, 1.54) is 24.0 Å². The lowest BCUT2D eigenvalue weighted by Gasteiger charge is -2.38. The van der Waals surface area contributed by atoms with Gasteiger partial charge in [-0.15, -0.1) is 0 Å². The van der Waals surface area contributed by atoms with Gasteiger partial charge in [-0.25, -0.2) is 4.39 Å². The van der Waals surface area contributed by atoms with E-state index in [1.54, 1.807) is 12.1 Å². The molecule has 1 nitrogen and oxygen atoms in total.